The molecule has 0 radical (unpaired) electrons. The number of halogens is 1. The number of nitrogens with two attached hydrogens (primary N) is 1. The van der Waals surface area contributed by atoms with Crippen LogP contribution >= 0.6 is 0 Å². The number of nitrogen functional groups attached to an aromatic ring is 1. The fourth-order valence-electron chi connectivity index (χ4n) is 1.21. The summed E-state index contributed by atoms with van der Waals surface area (Å²) in [6.45, 7) is 2.32. The second-order valence-electron chi connectivity index (χ2n) is 3.01. The Balaban J connectivity index is 2.64. The van der Waals surface area contributed by atoms with E-state index in [1.807, 2.05) is 25.1 Å². The van der Waals surface area contributed by atoms with E-state index >= 15 is 0 Å². The molecule has 0 aromatic heterocycles. The lowest BCUT2D eigenvalue weighted by Gasteiger charge is -2.10. The molecule has 0 unspecified atom stereocenters. The van der Waals surface area contributed by atoms with Gasteiger partial charge in [-0.1, -0.05) is 12.1 Å². The molecule has 1 rings (SSSR count). The monoisotopic (exact) mass is 182 g/mol. The van der Waals surface area contributed by atoms with Crippen LogP contribution in [0, 0.1) is 6.92 Å². The highest BCUT2D eigenvalue weighted by Crippen LogP contribution is 2.21. The van der Waals surface area contributed by atoms with E-state index in [0.29, 0.717) is 13.0 Å². The number of rotatable bonds is 4. The molecule has 0 atom stereocenters. The minimum atomic E-state index is -0.293. The normalized spacial score (nSPS) is 10.0. The number of aryl methyl sites for hydroxylation is 1. The van der Waals surface area contributed by atoms with Crippen molar-refractivity contribution in [2.24, 2.45) is 0 Å². The molecule has 0 spiro atoms. The molecule has 3 N–H and O–H groups in total. The van der Waals surface area contributed by atoms with Crippen LogP contribution < -0.4 is 11.1 Å². The van der Waals surface area contributed by atoms with Crippen molar-refractivity contribution in [2.75, 3.05) is 24.3 Å². The molecule has 0 aliphatic carbocycles. The highest BCUT2D eigenvalue weighted by Gasteiger charge is 2.00. The van der Waals surface area contributed by atoms with Crippen molar-refractivity contribution in [1.82, 2.24) is 0 Å². The summed E-state index contributed by atoms with van der Waals surface area (Å²) in [4.78, 5) is 0. The zero-order valence-corrected chi connectivity index (χ0v) is 7.81. The average molecular weight is 182 g/mol. The molecule has 0 bridgehead atoms. The van der Waals surface area contributed by atoms with Crippen LogP contribution in [0.2, 0.25) is 0 Å². The fourth-order valence-corrected chi connectivity index (χ4v) is 1.21. The third kappa shape index (κ3) is 2.61. The molecule has 0 fully saturated rings. The molecular weight excluding hydrogens is 167 g/mol. The molecule has 13 heavy (non-hydrogen) atoms. The molecular formula is C10H15FN2. The van der Waals surface area contributed by atoms with Gasteiger partial charge in [0.2, 0.25) is 0 Å². The molecule has 0 aliphatic heterocycles. The van der Waals surface area contributed by atoms with Crippen molar-refractivity contribution in [1.29, 1.82) is 0 Å². The van der Waals surface area contributed by atoms with Crippen molar-refractivity contribution in [2.45, 2.75) is 13.3 Å². The first-order valence-corrected chi connectivity index (χ1v) is 4.40. The van der Waals surface area contributed by atoms with Crippen LogP contribution in [0.4, 0.5) is 15.8 Å². The number of nitrogens with one attached hydrogen (secondary N) is 1. The van der Waals surface area contributed by atoms with Gasteiger partial charge in [-0.05, 0) is 25.0 Å². The minimum absolute atomic E-state index is 0.293. The Hall–Kier alpha value is -1.25. The molecule has 0 heterocycles. The molecule has 1 aromatic carbocycles. The molecule has 72 valence electrons. The summed E-state index contributed by atoms with van der Waals surface area (Å²) < 4.78 is 11.8. The van der Waals surface area contributed by atoms with E-state index in [4.69, 9.17) is 5.73 Å². The number of benzene rings is 1. The summed E-state index contributed by atoms with van der Waals surface area (Å²) in [5.41, 5.74) is 8.49. The van der Waals surface area contributed by atoms with Gasteiger partial charge in [0, 0.05) is 6.54 Å². The van der Waals surface area contributed by atoms with Gasteiger partial charge in [-0.15, -0.1) is 0 Å². The summed E-state index contributed by atoms with van der Waals surface area (Å²) in [7, 11) is 0. The first-order valence-electron chi connectivity index (χ1n) is 4.40. The Morgan fingerprint density at radius 3 is 2.85 bits per heavy atom. The van der Waals surface area contributed by atoms with Crippen LogP contribution in [0.25, 0.3) is 0 Å². The van der Waals surface area contributed by atoms with Gasteiger partial charge in [-0.3, -0.25) is 4.39 Å². The van der Waals surface area contributed by atoms with Gasteiger partial charge in [0.25, 0.3) is 0 Å². The number of hydrogen-bond acceptors (Lipinski definition) is 2. The van der Waals surface area contributed by atoms with Gasteiger partial charge in [0.05, 0.1) is 18.0 Å². The molecule has 3 heteroatoms. The summed E-state index contributed by atoms with van der Waals surface area (Å²) >= 11 is 0. The minimum Gasteiger partial charge on any atom is -0.397 e. The molecule has 0 saturated heterocycles. The summed E-state index contributed by atoms with van der Waals surface area (Å²) in [6.07, 6.45) is 0.522. The lowest BCUT2D eigenvalue weighted by atomic mass is 10.1. The molecule has 2 nitrogen and oxygen atoms in total. The topological polar surface area (TPSA) is 38.0 Å². The predicted octanol–water partition coefficient (Wildman–Crippen LogP) is 2.35. The maximum absolute atomic E-state index is 11.8. The van der Waals surface area contributed by atoms with Crippen LogP contribution in [-0.2, 0) is 0 Å². The quantitative estimate of drug-likeness (QED) is 0.554. The van der Waals surface area contributed by atoms with Gasteiger partial charge in [-0.2, -0.15) is 0 Å². The Kier molecular flexibility index (Phi) is 3.55. The summed E-state index contributed by atoms with van der Waals surface area (Å²) in [5.74, 6) is 0. The van der Waals surface area contributed by atoms with Gasteiger partial charge in [0.15, 0.2) is 0 Å². The SMILES string of the molecule is Cc1cccc(N)c1NCCCF. The smallest absolute Gasteiger partial charge is 0.0911 e. The van der Waals surface area contributed by atoms with Crippen LogP contribution in [0.3, 0.4) is 0 Å². The fraction of sp³-hybridized carbons (Fsp3) is 0.400. The van der Waals surface area contributed by atoms with Gasteiger partial charge < -0.3 is 11.1 Å². The van der Waals surface area contributed by atoms with Crippen molar-refractivity contribution < 1.29 is 4.39 Å². The second-order valence-corrected chi connectivity index (χ2v) is 3.01. The highest BCUT2D eigenvalue weighted by molar-refractivity contribution is 5.69. The Bertz CT molecular complexity index is 253. The van der Waals surface area contributed by atoms with E-state index in [1.165, 1.54) is 0 Å². The predicted molar refractivity (Wildman–Crippen MR) is 54.7 cm³/mol. The maximum Gasteiger partial charge on any atom is 0.0911 e. The summed E-state index contributed by atoms with van der Waals surface area (Å²) in [5, 5.41) is 3.12. The molecule has 0 amide bonds. The molecule has 0 aliphatic rings. The van der Waals surface area contributed by atoms with Crippen molar-refractivity contribution in [3.63, 3.8) is 0 Å². The maximum atomic E-state index is 11.8. The number of hydrogen-bond donors (Lipinski definition) is 2. The lowest BCUT2D eigenvalue weighted by Crippen LogP contribution is -2.06. The summed E-state index contributed by atoms with van der Waals surface area (Å²) in [6, 6.07) is 5.73. The van der Waals surface area contributed by atoms with E-state index in [1.54, 1.807) is 0 Å². The Morgan fingerprint density at radius 2 is 2.23 bits per heavy atom. The van der Waals surface area contributed by atoms with Crippen LogP contribution in [-0.4, -0.2) is 13.2 Å². The molecule has 0 saturated carbocycles. The highest BCUT2D eigenvalue weighted by atomic mass is 19.1. The molecule has 1 aromatic rings. The zero-order valence-electron chi connectivity index (χ0n) is 7.81. The van der Waals surface area contributed by atoms with E-state index in [9.17, 15) is 4.39 Å². The lowest BCUT2D eigenvalue weighted by molar-refractivity contribution is 0.481. The average Bonchev–Trinajstić information content (AvgIpc) is 2.10. The van der Waals surface area contributed by atoms with E-state index in [-0.39, 0.29) is 6.67 Å². The largest absolute Gasteiger partial charge is 0.397 e. The second kappa shape index (κ2) is 4.70. The van der Waals surface area contributed by atoms with Gasteiger partial charge in [0.1, 0.15) is 0 Å². The number of alkyl halides is 1. The van der Waals surface area contributed by atoms with Crippen LogP contribution in [0.5, 0.6) is 0 Å². The first-order chi connectivity index (χ1) is 6.25. The Morgan fingerprint density at radius 1 is 1.46 bits per heavy atom. The number of para-hydroxylation sites is 1. The third-order valence-corrected chi connectivity index (χ3v) is 1.92. The van der Waals surface area contributed by atoms with Gasteiger partial charge in [-0.25, -0.2) is 0 Å². The first kappa shape index (κ1) is 9.84. The van der Waals surface area contributed by atoms with E-state index < -0.39 is 0 Å². The standard InChI is InChI=1S/C10H15FN2/c1-8-4-2-5-9(12)10(8)13-7-3-6-11/h2,4-5,13H,3,6-7,12H2,1H3. The zero-order chi connectivity index (χ0) is 9.68. The Labute approximate surface area is 77.9 Å². The van der Waals surface area contributed by atoms with Crippen molar-refractivity contribution in [3.8, 4) is 0 Å². The third-order valence-electron chi connectivity index (χ3n) is 1.92. The van der Waals surface area contributed by atoms with Crippen molar-refractivity contribution >= 4 is 11.4 Å². The van der Waals surface area contributed by atoms with Crippen LogP contribution in [0.15, 0.2) is 18.2 Å². The number of anilines is 2. The van der Waals surface area contributed by atoms with Gasteiger partial charge >= 0.3 is 0 Å². The van der Waals surface area contributed by atoms with Crippen molar-refractivity contribution in [3.05, 3.63) is 23.8 Å². The van der Waals surface area contributed by atoms with E-state index in [0.717, 1.165) is 16.9 Å². The van der Waals surface area contributed by atoms with E-state index in [2.05, 4.69) is 5.32 Å². The van der Waals surface area contributed by atoms with Crippen LogP contribution in [0.1, 0.15) is 12.0 Å².